The van der Waals surface area contributed by atoms with Gasteiger partial charge in [0.25, 0.3) is 17.7 Å². The first-order chi connectivity index (χ1) is 47.7. The molecule has 9 heterocycles. The average molecular weight is 1370 g/mol. The zero-order valence-electron chi connectivity index (χ0n) is 55.3. The van der Waals surface area contributed by atoms with Gasteiger partial charge in [-0.3, -0.25) is 23.8 Å². The van der Waals surface area contributed by atoms with Crippen LogP contribution in [0.4, 0.5) is 17.6 Å². The van der Waals surface area contributed by atoms with E-state index in [2.05, 4.69) is 50.3 Å². The number of amides is 3. The summed E-state index contributed by atoms with van der Waals surface area (Å²) in [7, 11) is 3.48. The number of nitriles is 1. The third kappa shape index (κ3) is 13.4. The van der Waals surface area contributed by atoms with Gasteiger partial charge in [0.1, 0.15) is 47.1 Å². The first-order valence-corrected chi connectivity index (χ1v) is 33.4. The Balaban J connectivity index is 0.000000143. The predicted octanol–water partition coefficient (Wildman–Crippen LogP) is 14.9. The summed E-state index contributed by atoms with van der Waals surface area (Å²) in [4.78, 5) is 44.9. The smallest absolute Gasteiger partial charge is 0.493 e. The zero-order valence-corrected chi connectivity index (χ0v) is 56.1. The van der Waals surface area contributed by atoms with Gasteiger partial charge < -0.3 is 52.3 Å². The van der Waals surface area contributed by atoms with Gasteiger partial charge in [-0.1, -0.05) is 48.9 Å². The molecule has 0 bridgehead atoms. The Kier molecular flexibility index (Phi) is 18.8. The maximum atomic E-state index is 13.9. The van der Waals surface area contributed by atoms with Gasteiger partial charge in [-0.2, -0.15) is 10.4 Å². The quantitative estimate of drug-likeness (QED) is 0.0886. The Morgan fingerprint density at radius 1 is 0.646 bits per heavy atom. The van der Waals surface area contributed by atoms with E-state index in [1.54, 1.807) is 42.3 Å². The molecule has 3 aromatic heterocycles. The second-order valence-corrected chi connectivity index (χ2v) is 25.8. The van der Waals surface area contributed by atoms with Gasteiger partial charge in [-0.15, -0.1) is 13.2 Å². The Labute approximate surface area is 576 Å². The number of hydrogen-bond donors (Lipinski definition) is 0. The lowest BCUT2D eigenvalue weighted by Gasteiger charge is -2.45. The van der Waals surface area contributed by atoms with E-state index in [0.717, 1.165) is 75.9 Å². The number of benzene rings is 6. The molecule has 0 radical (unpaired) electrons. The molecule has 3 fully saturated rings. The molecule has 3 spiro atoms. The molecular formula is C76H75ClF4N8O10. The van der Waals surface area contributed by atoms with Gasteiger partial charge in [-0.25, -0.2) is 4.39 Å². The minimum atomic E-state index is -4.75. The van der Waals surface area contributed by atoms with Crippen LogP contribution in [0.5, 0.6) is 34.5 Å². The second kappa shape index (κ2) is 27.6. The molecule has 0 saturated carbocycles. The molecule has 6 aliphatic rings. The van der Waals surface area contributed by atoms with Crippen LogP contribution >= 0.6 is 11.6 Å². The number of aromatic nitrogens is 4. The van der Waals surface area contributed by atoms with E-state index in [9.17, 15) is 37.2 Å². The topological polar surface area (TPSA) is 177 Å². The first-order valence-electron chi connectivity index (χ1n) is 33.0. The molecule has 0 aliphatic carbocycles. The normalized spacial score (nSPS) is 16.6. The summed E-state index contributed by atoms with van der Waals surface area (Å²) in [5, 5.41) is 14.6. The van der Waals surface area contributed by atoms with Crippen molar-refractivity contribution in [1.82, 2.24) is 33.6 Å². The highest BCUT2D eigenvalue weighted by atomic mass is 35.5. The van der Waals surface area contributed by atoms with E-state index < -0.39 is 30.8 Å². The number of ether oxygens (including phenoxy) is 7. The summed E-state index contributed by atoms with van der Waals surface area (Å²) in [6.07, 6.45) is 5.96. The third-order valence-corrected chi connectivity index (χ3v) is 19.9. The highest BCUT2D eigenvalue weighted by molar-refractivity contribution is 6.31. The van der Waals surface area contributed by atoms with Crippen LogP contribution in [0, 0.1) is 24.1 Å². The number of carbonyl (C=O) groups excluding carboxylic acids is 3. The van der Waals surface area contributed by atoms with Gasteiger partial charge in [0.05, 0.1) is 60.0 Å². The number of methoxy groups -OCH3 is 1. The van der Waals surface area contributed by atoms with E-state index in [1.165, 1.54) is 30.3 Å². The zero-order chi connectivity index (χ0) is 69.4. The number of fused-ring (bicyclic) bond motifs is 12. The van der Waals surface area contributed by atoms with Gasteiger partial charge in [0.15, 0.2) is 22.7 Å². The molecule has 23 heteroatoms. The molecule has 3 saturated heterocycles. The fourth-order valence-electron chi connectivity index (χ4n) is 14.0. The molecule has 18 nitrogen and oxygen atoms in total. The van der Waals surface area contributed by atoms with Gasteiger partial charge >= 0.3 is 6.36 Å². The second-order valence-electron chi connectivity index (χ2n) is 25.4. The van der Waals surface area contributed by atoms with Crippen molar-refractivity contribution in [2.24, 2.45) is 7.05 Å². The number of likely N-dealkylation sites (tertiary alicyclic amines) is 3. The SMILES string of the molecule is CC[C@@H](C)Oc1ccc(C(=O)N2CCC3(CC2)Oc2cc(F)ccc2-n2cccc23)cc1OC.Cc1ccc(C(=O)N2CCC3(CC2)Oc2ccccc2-n2cccc23)cc1Cl.Cn1ncc2c1-c1ccccc1OC21CCN(C(=O)c2ccc(OCCOC(F)(F)F)c(C#N)c2)CC1.[HH]. The third-order valence-electron chi connectivity index (χ3n) is 19.5. The van der Waals surface area contributed by atoms with Gasteiger partial charge in [-0.05, 0) is 135 Å². The molecule has 6 aromatic carbocycles. The molecule has 514 valence electrons. The van der Waals surface area contributed by atoms with Crippen LogP contribution in [0.2, 0.25) is 5.02 Å². The highest BCUT2D eigenvalue weighted by Crippen LogP contribution is 2.51. The van der Waals surface area contributed by atoms with E-state index in [0.29, 0.717) is 104 Å². The average Bonchev–Trinajstić information content (AvgIpc) is 1.44. The van der Waals surface area contributed by atoms with Crippen LogP contribution < -0.4 is 28.4 Å². The summed E-state index contributed by atoms with van der Waals surface area (Å²) >= 11 is 6.21. The number of hydrogen-bond acceptors (Lipinski definition) is 12. The maximum Gasteiger partial charge on any atom is 0.522 e. The summed E-state index contributed by atoms with van der Waals surface area (Å²) in [6, 6.07) is 45.9. The number of halogens is 5. The number of nitrogens with zero attached hydrogens (tertiary/aromatic N) is 8. The molecule has 6 aliphatic heterocycles. The number of carbonyl (C=O) groups is 3. The molecular weight excluding hydrogens is 1300 g/mol. The standard InChI is InChI=1S/C27H29FN2O4.C26H23F3N4O4.C23H21ClN2O2.H2/c1-4-18(2)33-22-10-7-19(16-24(22)32-3)26(31)29-14-11-27(12-15-29)25-6-5-13-30(25)21-9-8-20(28)17-23(21)34-27;1-32-23-19-4-2-3-5-22(19)37-25(20(23)16-31-32)8-10-33(11-9-25)24(34)17-6-7-21(18(14-17)15-30)35-12-13-36-26(27,28)29;1-16-8-9-17(15-18(16)24)22(27)25-13-10-23(11-14-25)21-7-4-12-26(21)19-5-2-3-6-20(19)28-23;/h5-10,13,16-18H,4,11-12,14-15H2,1-3H3;2-7,14,16H,8-13H2,1H3;2-9,12,15H,10-11,13-14H2,1H3;1H/t18-;;;/m1.../s1. The fraction of sp³-hybridized carbons (Fsp3) is 0.329. The number of aryl methyl sites for hydroxylation is 2. The van der Waals surface area contributed by atoms with E-state index >= 15 is 0 Å². The van der Waals surface area contributed by atoms with Crippen LogP contribution in [0.25, 0.3) is 22.6 Å². The fourth-order valence-corrected chi connectivity index (χ4v) is 14.2. The highest BCUT2D eigenvalue weighted by Gasteiger charge is 2.48. The van der Waals surface area contributed by atoms with Crippen molar-refractivity contribution in [3.05, 3.63) is 220 Å². The van der Waals surface area contributed by atoms with Crippen LogP contribution in [-0.2, 0) is 28.6 Å². The number of rotatable bonds is 11. The molecule has 0 unspecified atom stereocenters. The molecule has 0 N–H and O–H groups in total. The first kappa shape index (κ1) is 67.3. The van der Waals surface area contributed by atoms with E-state index in [4.69, 9.17) is 40.0 Å². The van der Waals surface area contributed by atoms with Crippen molar-refractivity contribution >= 4 is 29.3 Å². The summed E-state index contributed by atoms with van der Waals surface area (Å²) in [5.74, 6) is 2.88. The Morgan fingerprint density at radius 2 is 1.18 bits per heavy atom. The Hall–Kier alpha value is -10.2. The minimum Gasteiger partial charge on any atom is -0.493 e. The number of para-hydroxylation sites is 3. The predicted molar refractivity (Wildman–Crippen MR) is 363 cm³/mol. The van der Waals surface area contributed by atoms with Crippen molar-refractivity contribution in [3.63, 3.8) is 0 Å². The molecule has 15 rings (SSSR count). The summed E-state index contributed by atoms with van der Waals surface area (Å²) < 4.78 is 96.2. The monoisotopic (exact) mass is 1370 g/mol. The Morgan fingerprint density at radius 3 is 1.78 bits per heavy atom. The summed E-state index contributed by atoms with van der Waals surface area (Å²) in [5.41, 5.74) is 8.05. The van der Waals surface area contributed by atoms with Crippen molar-refractivity contribution in [2.45, 2.75) is 95.0 Å². The van der Waals surface area contributed by atoms with Crippen molar-refractivity contribution in [2.75, 3.05) is 59.6 Å². The lowest BCUT2D eigenvalue weighted by atomic mass is 9.81. The van der Waals surface area contributed by atoms with Crippen LogP contribution in [0.1, 0.15) is 119 Å². The lowest BCUT2D eigenvalue weighted by molar-refractivity contribution is -0.325. The van der Waals surface area contributed by atoms with E-state index in [1.807, 2.05) is 121 Å². The lowest BCUT2D eigenvalue weighted by Crippen LogP contribution is -2.50. The largest absolute Gasteiger partial charge is 0.522 e. The van der Waals surface area contributed by atoms with Crippen LogP contribution in [0.15, 0.2) is 164 Å². The van der Waals surface area contributed by atoms with Crippen LogP contribution in [-0.4, -0.2) is 123 Å². The van der Waals surface area contributed by atoms with E-state index in [-0.39, 0.29) is 48.0 Å². The minimum absolute atomic E-state index is 0. The van der Waals surface area contributed by atoms with Gasteiger partial charge in [0.2, 0.25) is 0 Å². The number of piperidine rings is 3. The van der Waals surface area contributed by atoms with Crippen molar-refractivity contribution in [1.29, 1.82) is 5.26 Å². The van der Waals surface area contributed by atoms with Gasteiger partial charge in [0, 0.05) is 138 Å². The molecule has 99 heavy (non-hydrogen) atoms. The van der Waals surface area contributed by atoms with Crippen molar-refractivity contribution < 1.29 is 66.5 Å². The summed E-state index contributed by atoms with van der Waals surface area (Å²) in [6.45, 7) is 8.12. The Bertz CT molecular complexity index is 4560. The van der Waals surface area contributed by atoms with Crippen LogP contribution in [0.3, 0.4) is 0 Å². The number of alkyl halides is 3. The van der Waals surface area contributed by atoms with Crippen molar-refractivity contribution in [3.8, 4) is 63.2 Å². The molecule has 1 atom stereocenters. The molecule has 3 amide bonds. The maximum absolute atomic E-state index is 13.9. The molecule has 9 aromatic rings.